The van der Waals surface area contributed by atoms with Crippen LogP contribution in [0, 0.1) is 10.5 Å². The molecule has 0 aliphatic rings. The van der Waals surface area contributed by atoms with Gasteiger partial charge in [-0.3, -0.25) is 0 Å². The van der Waals surface area contributed by atoms with Gasteiger partial charge in [-0.1, -0.05) is 0 Å². The monoisotopic (exact) mass is 318 g/mol. The van der Waals surface area contributed by atoms with Crippen LogP contribution in [0.15, 0.2) is 17.5 Å². The molecular weight excluding hydrogens is 311 g/mol. The zero-order chi connectivity index (χ0) is 10.3. The van der Waals surface area contributed by atoms with E-state index in [4.69, 9.17) is 5.11 Å². The summed E-state index contributed by atoms with van der Waals surface area (Å²) in [5, 5.41) is 11.8. The lowest BCUT2D eigenvalue weighted by Gasteiger charge is -2.03. The summed E-state index contributed by atoms with van der Waals surface area (Å²) in [6.07, 6.45) is 0. The number of aryl methyl sites for hydroxylation is 1. The van der Waals surface area contributed by atoms with E-state index >= 15 is 0 Å². The molecule has 0 saturated carbocycles. The number of aromatic carboxylic acids is 1. The number of fused-ring (bicyclic) bond motifs is 1. The highest BCUT2D eigenvalue weighted by Crippen LogP contribution is 2.31. The summed E-state index contributed by atoms with van der Waals surface area (Å²) in [5.74, 6) is -0.855. The fraction of sp³-hybridized carbons (Fsp3) is 0.100. The molecule has 2 rings (SSSR count). The molecule has 1 aromatic carbocycles. The summed E-state index contributed by atoms with van der Waals surface area (Å²) >= 11 is 3.76. The minimum atomic E-state index is -0.855. The maximum Gasteiger partial charge on any atom is 0.336 e. The van der Waals surface area contributed by atoms with Crippen LogP contribution in [-0.2, 0) is 0 Å². The topological polar surface area (TPSA) is 37.3 Å². The van der Waals surface area contributed by atoms with Crippen molar-refractivity contribution < 1.29 is 9.90 Å². The van der Waals surface area contributed by atoms with E-state index in [1.54, 1.807) is 17.4 Å². The van der Waals surface area contributed by atoms with Crippen molar-refractivity contribution in [2.45, 2.75) is 6.92 Å². The molecule has 0 bridgehead atoms. The molecule has 4 heteroatoms. The first kappa shape index (κ1) is 9.92. The molecule has 14 heavy (non-hydrogen) atoms. The van der Waals surface area contributed by atoms with Crippen LogP contribution < -0.4 is 0 Å². The normalized spacial score (nSPS) is 10.7. The predicted molar refractivity (Wildman–Crippen MR) is 66.2 cm³/mol. The molecule has 1 heterocycles. The van der Waals surface area contributed by atoms with Crippen molar-refractivity contribution in [2.75, 3.05) is 0 Å². The number of hydrogen-bond acceptors (Lipinski definition) is 2. The third-order valence-electron chi connectivity index (χ3n) is 2.16. The van der Waals surface area contributed by atoms with Gasteiger partial charge < -0.3 is 5.11 Å². The lowest BCUT2D eigenvalue weighted by molar-refractivity contribution is 0.0699. The number of carboxylic acid groups (broad SMARTS) is 1. The molecule has 1 aromatic heterocycles. The molecule has 2 nitrogen and oxygen atoms in total. The van der Waals surface area contributed by atoms with E-state index in [9.17, 15) is 4.79 Å². The van der Waals surface area contributed by atoms with Crippen molar-refractivity contribution in [3.05, 3.63) is 32.2 Å². The molecule has 0 fully saturated rings. The summed E-state index contributed by atoms with van der Waals surface area (Å²) < 4.78 is 2.09. The first-order chi connectivity index (χ1) is 6.61. The Morgan fingerprint density at radius 2 is 2.29 bits per heavy atom. The van der Waals surface area contributed by atoms with E-state index in [1.165, 1.54) is 5.56 Å². The van der Waals surface area contributed by atoms with Gasteiger partial charge in [0.05, 0.1) is 5.56 Å². The molecule has 0 unspecified atom stereocenters. The van der Waals surface area contributed by atoms with Crippen LogP contribution >= 0.6 is 33.9 Å². The number of benzene rings is 1. The Balaban J connectivity index is 2.91. The van der Waals surface area contributed by atoms with Gasteiger partial charge in [-0.2, -0.15) is 0 Å². The first-order valence-electron chi connectivity index (χ1n) is 4.01. The highest BCUT2D eigenvalue weighted by Gasteiger charge is 2.13. The SMILES string of the molecule is Cc1c(I)cc(C(=O)O)c2ccsc12. The van der Waals surface area contributed by atoms with E-state index in [-0.39, 0.29) is 0 Å². The van der Waals surface area contributed by atoms with Gasteiger partial charge in [0.1, 0.15) is 0 Å². The van der Waals surface area contributed by atoms with Crippen LogP contribution in [0.3, 0.4) is 0 Å². The van der Waals surface area contributed by atoms with E-state index < -0.39 is 5.97 Å². The Kier molecular flexibility index (Phi) is 2.48. The molecule has 0 aliphatic heterocycles. The van der Waals surface area contributed by atoms with E-state index in [1.807, 2.05) is 18.4 Å². The second-order valence-electron chi connectivity index (χ2n) is 3.00. The average molecular weight is 318 g/mol. The van der Waals surface area contributed by atoms with Crippen LogP contribution in [0.25, 0.3) is 10.1 Å². The first-order valence-corrected chi connectivity index (χ1v) is 5.96. The van der Waals surface area contributed by atoms with Gasteiger partial charge in [-0.15, -0.1) is 11.3 Å². The molecule has 0 aliphatic carbocycles. The quantitative estimate of drug-likeness (QED) is 0.817. The van der Waals surface area contributed by atoms with Crippen molar-refractivity contribution >= 4 is 50.0 Å². The molecule has 1 N–H and O–H groups in total. The Hall–Kier alpha value is -0.620. The fourth-order valence-corrected chi connectivity index (χ4v) is 3.11. The lowest BCUT2D eigenvalue weighted by Crippen LogP contribution is -1.98. The number of carbonyl (C=O) groups is 1. The maximum absolute atomic E-state index is 11.0. The average Bonchev–Trinajstić information content (AvgIpc) is 2.59. The number of halogens is 1. The van der Waals surface area contributed by atoms with Gasteiger partial charge in [0.15, 0.2) is 0 Å². The maximum atomic E-state index is 11.0. The molecule has 0 spiro atoms. The van der Waals surface area contributed by atoms with Crippen LogP contribution in [0.5, 0.6) is 0 Å². The minimum Gasteiger partial charge on any atom is -0.478 e. The summed E-state index contributed by atoms with van der Waals surface area (Å²) in [6.45, 7) is 2.02. The third kappa shape index (κ3) is 1.42. The highest BCUT2D eigenvalue weighted by atomic mass is 127. The molecule has 0 atom stereocenters. The standard InChI is InChI=1S/C10H7IO2S/c1-5-8(11)4-7(10(12)13)6-2-3-14-9(5)6/h2-4H,1H3,(H,12,13). The van der Waals surface area contributed by atoms with Crippen LogP contribution in [0.1, 0.15) is 15.9 Å². The third-order valence-corrected chi connectivity index (χ3v) is 4.31. The van der Waals surface area contributed by atoms with E-state index in [2.05, 4.69) is 22.6 Å². The minimum absolute atomic E-state index is 0.399. The van der Waals surface area contributed by atoms with Crippen molar-refractivity contribution in [1.82, 2.24) is 0 Å². The predicted octanol–water partition coefficient (Wildman–Crippen LogP) is 3.51. The number of rotatable bonds is 1. The molecular formula is C10H7IO2S. The number of carboxylic acids is 1. The number of thiophene rings is 1. The van der Waals surface area contributed by atoms with Crippen LogP contribution in [0.2, 0.25) is 0 Å². The molecule has 72 valence electrons. The van der Waals surface area contributed by atoms with Gasteiger partial charge >= 0.3 is 5.97 Å². The van der Waals surface area contributed by atoms with Crippen LogP contribution in [-0.4, -0.2) is 11.1 Å². The second-order valence-corrected chi connectivity index (χ2v) is 5.08. The summed E-state index contributed by atoms with van der Waals surface area (Å²) in [7, 11) is 0. The van der Waals surface area contributed by atoms with Crippen molar-refractivity contribution in [3.63, 3.8) is 0 Å². The Labute approximate surface area is 98.7 Å². The molecule has 0 radical (unpaired) electrons. The largest absolute Gasteiger partial charge is 0.478 e. The lowest BCUT2D eigenvalue weighted by atomic mass is 10.1. The van der Waals surface area contributed by atoms with E-state index in [0.29, 0.717) is 5.56 Å². The van der Waals surface area contributed by atoms with Crippen LogP contribution in [0.4, 0.5) is 0 Å². The molecule has 2 aromatic rings. The second kappa shape index (κ2) is 3.51. The van der Waals surface area contributed by atoms with Gasteiger partial charge in [0.2, 0.25) is 0 Å². The van der Waals surface area contributed by atoms with Gasteiger partial charge in [0.25, 0.3) is 0 Å². The summed E-state index contributed by atoms with van der Waals surface area (Å²) in [4.78, 5) is 11.0. The summed E-state index contributed by atoms with van der Waals surface area (Å²) in [5.41, 5.74) is 1.57. The zero-order valence-corrected chi connectivity index (χ0v) is 10.3. The van der Waals surface area contributed by atoms with Gasteiger partial charge in [0, 0.05) is 13.7 Å². The fourth-order valence-electron chi connectivity index (χ4n) is 1.41. The Bertz CT molecular complexity index is 516. The smallest absolute Gasteiger partial charge is 0.336 e. The summed E-state index contributed by atoms with van der Waals surface area (Å²) in [6, 6.07) is 3.60. The molecule has 0 amide bonds. The van der Waals surface area contributed by atoms with Crippen molar-refractivity contribution in [2.24, 2.45) is 0 Å². The van der Waals surface area contributed by atoms with Crippen molar-refractivity contribution in [1.29, 1.82) is 0 Å². The Morgan fingerprint density at radius 1 is 1.57 bits per heavy atom. The zero-order valence-electron chi connectivity index (χ0n) is 7.37. The highest BCUT2D eigenvalue weighted by molar-refractivity contribution is 14.1. The van der Waals surface area contributed by atoms with Crippen molar-refractivity contribution in [3.8, 4) is 0 Å². The molecule has 0 saturated heterocycles. The number of hydrogen-bond donors (Lipinski definition) is 1. The Morgan fingerprint density at radius 3 is 2.93 bits per heavy atom. The van der Waals surface area contributed by atoms with E-state index in [0.717, 1.165) is 13.7 Å². The van der Waals surface area contributed by atoms with Gasteiger partial charge in [-0.25, -0.2) is 4.79 Å². The van der Waals surface area contributed by atoms with Gasteiger partial charge in [-0.05, 0) is 52.6 Å².